The summed E-state index contributed by atoms with van der Waals surface area (Å²) in [5, 5.41) is 3.64. The second-order valence-electron chi connectivity index (χ2n) is 4.57. The number of halogens is 2. The SMILES string of the molecule is COc1ccc(CNCc2cc(F)cc(Cl)c2)cc1OC. The van der Waals surface area contributed by atoms with E-state index >= 15 is 0 Å². The van der Waals surface area contributed by atoms with E-state index in [2.05, 4.69) is 5.32 Å². The Morgan fingerprint density at radius 2 is 1.67 bits per heavy atom. The Morgan fingerprint density at radius 1 is 0.952 bits per heavy atom. The minimum absolute atomic E-state index is 0.328. The number of methoxy groups -OCH3 is 2. The molecule has 3 nitrogen and oxygen atoms in total. The van der Waals surface area contributed by atoms with Gasteiger partial charge in [-0.15, -0.1) is 0 Å². The zero-order valence-electron chi connectivity index (χ0n) is 12.0. The molecule has 0 aliphatic rings. The van der Waals surface area contributed by atoms with Gasteiger partial charge in [0.05, 0.1) is 14.2 Å². The maximum atomic E-state index is 13.2. The number of benzene rings is 2. The van der Waals surface area contributed by atoms with Crippen LogP contribution in [0.5, 0.6) is 11.5 Å². The Balaban J connectivity index is 1.97. The number of hydrogen-bond acceptors (Lipinski definition) is 3. The summed E-state index contributed by atoms with van der Waals surface area (Å²) in [7, 11) is 3.20. The van der Waals surface area contributed by atoms with E-state index in [0.717, 1.165) is 11.1 Å². The van der Waals surface area contributed by atoms with Crippen LogP contribution in [-0.4, -0.2) is 14.2 Å². The average Bonchev–Trinajstić information content (AvgIpc) is 2.46. The molecule has 0 radical (unpaired) electrons. The van der Waals surface area contributed by atoms with Gasteiger partial charge in [-0.25, -0.2) is 4.39 Å². The summed E-state index contributed by atoms with van der Waals surface area (Å²) in [6.07, 6.45) is 0. The van der Waals surface area contributed by atoms with Crippen molar-refractivity contribution in [1.82, 2.24) is 5.32 Å². The monoisotopic (exact) mass is 309 g/mol. The van der Waals surface area contributed by atoms with E-state index in [1.807, 2.05) is 18.2 Å². The summed E-state index contributed by atoms with van der Waals surface area (Å²) in [5.74, 6) is 1.05. The summed E-state index contributed by atoms with van der Waals surface area (Å²) in [6, 6.07) is 10.2. The minimum Gasteiger partial charge on any atom is -0.493 e. The van der Waals surface area contributed by atoms with Crippen LogP contribution in [0.4, 0.5) is 4.39 Å². The van der Waals surface area contributed by atoms with E-state index in [0.29, 0.717) is 29.6 Å². The highest BCUT2D eigenvalue weighted by atomic mass is 35.5. The van der Waals surface area contributed by atoms with Crippen molar-refractivity contribution in [2.45, 2.75) is 13.1 Å². The van der Waals surface area contributed by atoms with Crippen molar-refractivity contribution in [2.24, 2.45) is 0 Å². The molecule has 0 spiro atoms. The van der Waals surface area contributed by atoms with Crippen molar-refractivity contribution >= 4 is 11.6 Å². The van der Waals surface area contributed by atoms with Crippen molar-refractivity contribution in [1.29, 1.82) is 0 Å². The first-order valence-corrected chi connectivity index (χ1v) is 6.86. The van der Waals surface area contributed by atoms with Crippen molar-refractivity contribution in [3.05, 3.63) is 58.4 Å². The van der Waals surface area contributed by atoms with Crippen molar-refractivity contribution in [3.8, 4) is 11.5 Å². The largest absolute Gasteiger partial charge is 0.493 e. The fourth-order valence-electron chi connectivity index (χ4n) is 2.05. The molecule has 0 heterocycles. The average molecular weight is 310 g/mol. The van der Waals surface area contributed by atoms with Crippen LogP contribution in [0.25, 0.3) is 0 Å². The summed E-state index contributed by atoms with van der Waals surface area (Å²) < 4.78 is 23.7. The fraction of sp³-hybridized carbons (Fsp3) is 0.250. The van der Waals surface area contributed by atoms with E-state index in [9.17, 15) is 4.39 Å². The molecule has 0 saturated heterocycles. The predicted octanol–water partition coefficient (Wildman–Crippen LogP) is 3.79. The predicted molar refractivity (Wildman–Crippen MR) is 81.5 cm³/mol. The van der Waals surface area contributed by atoms with Crippen LogP contribution in [0, 0.1) is 5.82 Å². The third-order valence-electron chi connectivity index (χ3n) is 3.03. The molecule has 0 amide bonds. The van der Waals surface area contributed by atoms with Gasteiger partial charge in [0.1, 0.15) is 5.82 Å². The van der Waals surface area contributed by atoms with Crippen LogP contribution in [0.3, 0.4) is 0 Å². The molecule has 0 saturated carbocycles. The van der Waals surface area contributed by atoms with Crippen LogP contribution >= 0.6 is 11.6 Å². The topological polar surface area (TPSA) is 30.5 Å². The van der Waals surface area contributed by atoms with Crippen LogP contribution in [0.2, 0.25) is 5.02 Å². The van der Waals surface area contributed by atoms with Crippen molar-refractivity contribution in [2.75, 3.05) is 14.2 Å². The molecule has 2 aromatic rings. The van der Waals surface area contributed by atoms with Crippen LogP contribution in [-0.2, 0) is 13.1 Å². The summed E-state index contributed by atoms with van der Waals surface area (Å²) in [6.45, 7) is 1.17. The van der Waals surface area contributed by atoms with Gasteiger partial charge in [-0.05, 0) is 41.5 Å². The van der Waals surface area contributed by atoms with Crippen LogP contribution in [0.15, 0.2) is 36.4 Å². The third kappa shape index (κ3) is 4.34. The van der Waals surface area contributed by atoms with E-state index in [1.165, 1.54) is 12.1 Å². The van der Waals surface area contributed by atoms with Gasteiger partial charge < -0.3 is 14.8 Å². The Morgan fingerprint density at radius 3 is 2.33 bits per heavy atom. The molecule has 0 aromatic heterocycles. The molecular weight excluding hydrogens is 293 g/mol. The third-order valence-corrected chi connectivity index (χ3v) is 3.25. The molecule has 1 N–H and O–H groups in total. The molecule has 2 aromatic carbocycles. The Bertz CT molecular complexity index is 599. The molecule has 0 aliphatic heterocycles. The van der Waals surface area contributed by atoms with Gasteiger partial charge in [-0.2, -0.15) is 0 Å². The van der Waals surface area contributed by atoms with E-state index in [1.54, 1.807) is 20.3 Å². The number of hydrogen-bond donors (Lipinski definition) is 1. The van der Waals surface area contributed by atoms with E-state index in [4.69, 9.17) is 21.1 Å². The first-order valence-electron chi connectivity index (χ1n) is 6.49. The molecule has 21 heavy (non-hydrogen) atoms. The Kier molecular flexibility index (Phi) is 5.42. The first-order chi connectivity index (χ1) is 10.1. The Labute approximate surface area is 128 Å². The van der Waals surface area contributed by atoms with E-state index in [-0.39, 0.29) is 5.82 Å². The van der Waals surface area contributed by atoms with Crippen molar-refractivity contribution < 1.29 is 13.9 Å². The van der Waals surface area contributed by atoms with Crippen LogP contribution < -0.4 is 14.8 Å². The molecule has 5 heteroatoms. The lowest BCUT2D eigenvalue weighted by Gasteiger charge is -2.10. The zero-order chi connectivity index (χ0) is 15.2. The van der Waals surface area contributed by atoms with Gasteiger partial charge in [0.2, 0.25) is 0 Å². The molecule has 112 valence electrons. The summed E-state index contributed by atoms with van der Waals surface area (Å²) in [5.41, 5.74) is 1.86. The van der Waals surface area contributed by atoms with Gasteiger partial charge in [-0.1, -0.05) is 17.7 Å². The molecule has 0 fully saturated rings. The highest BCUT2D eigenvalue weighted by molar-refractivity contribution is 6.30. The standard InChI is InChI=1S/C16H17ClFNO2/c1-20-15-4-3-11(7-16(15)21-2)9-19-10-12-5-13(17)8-14(18)6-12/h3-8,19H,9-10H2,1-2H3. The van der Waals surface area contributed by atoms with Gasteiger partial charge in [0.15, 0.2) is 11.5 Å². The molecule has 0 bridgehead atoms. The lowest BCUT2D eigenvalue weighted by molar-refractivity contribution is 0.354. The lowest BCUT2D eigenvalue weighted by Crippen LogP contribution is -2.13. The minimum atomic E-state index is -0.328. The van der Waals surface area contributed by atoms with Gasteiger partial charge in [0, 0.05) is 18.1 Å². The molecule has 0 atom stereocenters. The van der Waals surface area contributed by atoms with Crippen molar-refractivity contribution in [3.63, 3.8) is 0 Å². The Hall–Kier alpha value is -1.78. The molecule has 0 aliphatic carbocycles. The maximum absolute atomic E-state index is 13.2. The number of ether oxygens (including phenoxy) is 2. The highest BCUT2D eigenvalue weighted by Gasteiger charge is 2.04. The van der Waals surface area contributed by atoms with Gasteiger partial charge in [-0.3, -0.25) is 0 Å². The molecule has 0 unspecified atom stereocenters. The maximum Gasteiger partial charge on any atom is 0.161 e. The lowest BCUT2D eigenvalue weighted by atomic mass is 10.2. The summed E-state index contributed by atoms with van der Waals surface area (Å²) in [4.78, 5) is 0. The quantitative estimate of drug-likeness (QED) is 0.880. The van der Waals surface area contributed by atoms with E-state index < -0.39 is 0 Å². The highest BCUT2D eigenvalue weighted by Crippen LogP contribution is 2.27. The zero-order valence-corrected chi connectivity index (χ0v) is 12.7. The second-order valence-corrected chi connectivity index (χ2v) is 5.01. The van der Waals surface area contributed by atoms with Gasteiger partial charge in [0.25, 0.3) is 0 Å². The first kappa shape index (κ1) is 15.6. The number of rotatable bonds is 6. The van der Waals surface area contributed by atoms with Gasteiger partial charge >= 0.3 is 0 Å². The smallest absolute Gasteiger partial charge is 0.161 e. The number of nitrogens with one attached hydrogen (secondary N) is 1. The second kappa shape index (κ2) is 7.29. The summed E-state index contributed by atoms with van der Waals surface area (Å²) >= 11 is 5.82. The molecular formula is C16H17ClFNO2. The fourth-order valence-corrected chi connectivity index (χ4v) is 2.30. The molecule has 2 rings (SSSR count). The normalized spacial score (nSPS) is 10.5. The van der Waals surface area contributed by atoms with Crippen LogP contribution in [0.1, 0.15) is 11.1 Å².